The molecule has 0 saturated heterocycles. The average molecular weight is 459 g/mol. The number of amides is 2. The highest BCUT2D eigenvalue weighted by Gasteiger charge is 2.56. The number of nitrogens with two attached hydrogens (primary N) is 1. The van der Waals surface area contributed by atoms with Crippen LogP contribution < -0.4 is 16.4 Å². The van der Waals surface area contributed by atoms with Crippen LogP contribution >= 0.6 is 0 Å². The van der Waals surface area contributed by atoms with Gasteiger partial charge >= 0.3 is 0 Å². The van der Waals surface area contributed by atoms with Crippen LogP contribution in [0.1, 0.15) is 12.8 Å². The molecule has 34 heavy (non-hydrogen) atoms. The van der Waals surface area contributed by atoms with E-state index in [2.05, 4.69) is 20.6 Å². The molecule has 4 aromatic rings. The van der Waals surface area contributed by atoms with Gasteiger partial charge in [0.25, 0.3) is 0 Å². The van der Waals surface area contributed by atoms with Crippen molar-refractivity contribution in [3.8, 4) is 11.1 Å². The molecule has 0 radical (unpaired) electrons. The summed E-state index contributed by atoms with van der Waals surface area (Å²) in [7, 11) is 0. The lowest BCUT2D eigenvalue weighted by molar-refractivity contribution is -0.131. The predicted octanol–water partition coefficient (Wildman–Crippen LogP) is 4.51. The number of anilines is 3. The summed E-state index contributed by atoms with van der Waals surface area (Å²) < 4.78 is 26.5. The second-order valence-electron chi connectivity index (χ2n) is 8.20. The van der Waals surface area contributed by atoms with Gasteiger partial charge in [-0.3, -0.25) is 9.59 Å². The molecule has 4 N–H and O–H groups in total. The molecule has 170 valence electrons. The highest BCUT2D eigenvalue weighted by Crippen LogP contribution is 2.47. The molecule has 1 aliphatic rings. The number of benzene rings is 3. The van der Waals surface area contributed by atoms with Crippen molar-refractivity contribution in [2.75, 3.05) is 16.4 Å². The van der Waals surface area contributed by atoms with Gasteiger partial charge in [-0.05, 0) is 54.3 Å². The Morgan fingerprint density at radius 2 is 1.47 bits per heavy atom. The zero-order valence-corrected chi connectivity index (χ0v) is 17.8. The van der Waals surface area contributed by atoms with Gasteiger partial charge in [-0.15, -0.1) is 0 Å². The van der Waals surface area contributed by atoms with Crippen molar-refractivity contribution in [1.29, 1.82) is 0 Å². The SMILES string of the molecule is Nc1ncc2ccc(-c3ccc(NC(=O)C4(C(=O)Nc5ccc(F)c(F)c5)CC4)cc3)cc2n1. The topological polar surface area (TPSA) is 110 Å². The number of halogens is 2. The number of aromatic nitrogens is 2. The van der Waals surface area contributed by atoms with Crippen LogP contribution in [0.3, 0.4) is 0 Å². The van der Waals surface area contributed by atoms with Gasteiger partial charge < -0.3 is 16.4 Å². The standard InChI is InChI=1S/C25H19F2N5O2/c26-19-8-7-18(12-20(19)27)31-23(34)25(9-10-25)22(33)30-17-5-3-14(4-6-17)15-1-2-16-13-29-24(28)32-21(16)11-15/h1-8,11-13H,9-10H2,(H,30,33)(H,31,34)(H2,28,29,32). The number of hydrogen-bond acceptors (Lipinski definition) is 5. The molecular weight excluding hydrogens is 440 g/mol. The van der Waals surface area contributed by atoms with E-state index in [1.807, 2.05) is 30.3 Å². The third-order valence-corrected chi connectivity index (χ3v) is 5.87. The highest BCUT2D eigenvalue weighted by atomic mass is 19.2. The van der Waals surface area contributed by atoms with E-state index in [1.54, 1.807) is 18.3 Å². The van der Waals surface area contributed by atoms with E-state index < -0.39 is 28.9 Å². The Balaban J connectivity index is 1.28. The van der Waals surface area contributed by atoms with Gasteiger partial charge in [0.15, 0.2) is 11.6 Å². The molecule has 9 heteroatoms. The summed E-state index contributed by atoms with van der Waals surface area (Å²) in [6.07, 6.45) is 2.40. The summed E-state index contributed by atoms with van der Waals surface area (Å²) in [4.78, 5) is 33.8. The zero-order chi connectivity index (χ0) is 23.9. The maximum atomic E-state index is 13.4. The van der Waals surface area contributed by atoms with Gasteiger partial charge in [0.2, 0.25) is 17.8 Å². The lowest BCUT2D eigenvalue weighted by Gasteiger charge is -2.16. The molecule has 0 unspecified atom stereocenters. The van der Waals surface area contributed by atoms with Gasteiger partial charge in [-0.25, -0.2) is 18.7 Å². The molecule has 1 saturated carbocycles. The van der Waals surface area contributed by atoms with Crippen LogP contribution in [0.25, 0.3) is 22.0 Å². The third kappa shape index (κ3) is 4.03. The molecule has 7 nitrogen and oxygen atoms in total. The van der Waals surface area contributed by atoms with Crippen molar-refractivity contribution in [3.05, 3.63) is 78.5 Å². The number of nitrogens with zero attached hydrogens (tertiary/aromatic N) is 2. The van der Waals surface area contributed by atoms with Crippen molar-refractivity contribution in [3.63, 3.8) is 0 Å². The number of nitrogens with one attached hydrogen (secondary N) is 2. The monoisotopic (exact) mass is 459 g/mol. The smallest absolute Gasteiger partial charge is 0.240 e. The van der Waals surface area contributed by atoms with E-state index in [-0.39, 0.29) is 11.6 Å². The van der Waals surface area contributed by atoms with E-state index >= 15 is 0 Å². The van der Waals surface area contributed by atoms with E-state index in [1.165, 1.54) is 6.07 Å². The van der Waals surface area contributed by atoms with Crippen LogP contribution in [0.15, 0.2) is 66.9 Å². The maximum Gasteiger partial charge on any atom is 0.240 e. The van der Waals surface area contributed by atoms with E-state index in [4.69, 9.17) is 5.73 Å². The van der Waals surface area contributed by atoms with Crippen LogP contribution in [0, 0.1) is 17.0 Å². The molecule has 3 aromatic carbocycles. The number of carbonyl (C=O) groups excluding carboxylic acids is 2. The molecule has 1 aliphatic carbocycles. The maximum absolute atomic E-state index is 13.4. The summed E-state index contributed by atoms with van der Waals surface area (Å²) in [6.45, 7) is 0. The van der Waals surface area contributed by atoms with Gasteiger partial charge in [-0.2, -0.15) is 0 Å². The lowest BCUT2D eigenvalue weighted by atomic mass is 10.0. The number of carbonyl (C=O) groups is 2. The number of hydrogen-bond donors (Lipinski definition) is 3. The Morgan fingerprint density at radius 3 is 2.15 bits per heavy atom. The lowest BCUT2D eigenvalue weighted by Crippen LogP contribution is -2.35. The van der Waals surface area contributed by atoms with Crippen molar-refractivity contribution in [1.82, 2.24) is 9.97 Å². The van der Waals surface area contributed by atoms with E-state index in [0.717, 1.165) is 34.2 Å². The Bertz CT molecular complexity index is 1440. The van der Waals surface area contributed by atoms with E-state index in [0.29, 0.717) is 18.5 Å². The molecule has 1 fully saturated rings. The minimum absolute atomic E-state index is 0.0924. The summed E-state index contributed by atoms with van der Waals surface area (Å²) >= 11 is 0. The summed E-state index contributed by atoms with van der Waals surface area (Å²) in [6, 6.07) is 16.0. The molecular formula is C25H19F2N5O2. The van der Waals surface area contributed by atoms with Crippen LogP contribution in [0.2, 0.25) is 0 Å². The first-order valence-electron chi connectivity index (χ1n) is 10.5. The Labute approximate surface area is 193 Å². The quantitative estimate of drug-likeness (QED) is 0.380. The fraction of sp³-hybridized carbons (Fsp3) is 0.120. The van der Waals surface area contributed by atoms with Crippen LogP contribution in [0.4, 0.5) is 26.1 Å². The Morgan fingerprint density at radius 1 is 0.824 bits per heavy atom. The molecule has 1 heterocycles. The largest absolute Gasteiger partial charge is 0.368 e. The fourth-order valence-electron chi connectivity index (χ4n) is 3.72. The van der Waals surface area contributed by atoms with Crippen molar-refractivity contribution < 1.29 is 18.4 Å². The second-order valence-corrected chi connectivity index (χ2v) is 8.20. The molecule has 2 amide bonds. The van der Waals surface area contributed by atoms with Crippen molar-refractivity contribution >= 4 is 40.0 Å². The Hall–Kier alpha value is -4.40. The highest BCUT2D eigenvalue weighted by molar-refractivity contribution is 6.16. The Kier molecular flexibility index (Phi) is 5.16. The molecule has 0 spiro atoms. The first-order valence-corrected chi connectivity index (χ1v) is 10.5. The average Bonchev–Trinajstić information content (AvgIpc) is 3.64. The fourth-order valence-corrected chi connectivity index (χ4v) is 3.72. The first-order chi connectivity index (χ1) is 16.3. The van der Waals surface area contributed by atoms with Gasteiger partial charge in [0.05, 0.1) is 5.52 Å². The molecule has 0 atom stereocenters. The first kappa shape index (κ1) is 21.4. The minimum Gasteiger partial charge on any atom is -0.368 e. The summed E-state index contributed by atoms with van der Waals surface area (Å²) in [5, 5.41) is 6.15. The summed E-state index contributed by atoms with van der Waals surface area (Å²) in [5.41, 5.74) is 7.63. The predicted molar refractivity (Wildman–Crippen MR) is 125 cm³/mol. The van der Waals surface area contributed by atoms with Crippen LogP contribution in [-0.4, -0.2) is 21.8 Å². The second kappa shape index (κ2) is 8.18. The molecule has 1 aromatic heterocycles. The van der Waals surface area contributed by atoms with Gasteiger partial charge in [0, 0.05) is 29.0 Å². The third-order valence-electron chi connectivity index (χ3n) is 5.87. The molecule has 0 aliphatic heterocycles. The van der Waals surface area contributed by atoms with Gasteiger partial charge in [-0.1, -0.05) is 24.3 Å². The van der Waals surface area contributed by atoms with Gasteiger partial charge in [0.1, 0.15) is 5.41 Å². The molecule has 0 bridgehead atoms. The van der Waals surface area contributed by atoms with Crippen LogP contribution in [0.5, 0.6) is 0 Å². The summed E-state index contributed by atoms with van der Waals surface area (Å²) in [5.74, 6) is -2.88. The zero-order valence-electron chi connectivity index (χ0n) is 17.8. The van der Waals surface area contributed by atoms with Crippen molar-refractivity contribution in [2.24, 2.45) is 5.41 Å². The number of nitrogen functional groups attached to an aromatic ring is 1. The number of fused-ring (bicyclic) bond motifs is 1. The normalized spacial score (nSPS) is 13.9. The van der Waals surface area contributed by atoms with Crippen LogP contribution in [-0.2, 0) is 9.59 Å². The minimum atomic E-state index is -1.23. The van der Waals surface area contributed by atoms with Crippen molar-refractivity contribution in [2.45, 2.75) is 12.8 Å². The molecule has 5 rings (SSSR count). The number of rotatable bonds is 5. The van der Waals surface area contributed by atoms with E-state index in [9.17, 15) is 18.4 Å².